The van der Waals surface area contributed by atoms with E-state index in [1.165, 1.54) is 0 Å². The topological polar surface area (TPSA) is 92.4 Å². The number of hydrogen-bond acceptors (Lipinski definition) is 3. The van der Waals surface area contributed by atoms with E-state index < -0.39 is 17.9 Å². The number of rotatable bonds is 9. The van der Waals surface area contributed by atoms with Gasteiger partial charge in [0.25, 0.3) is 0 Å². The summed E-state index contributed by atoms with van der Waals surface area (Å²) in [5, 5.41) is 19.4. The van der Waals surface area contributed by atoms with Gasteiger partial charge in [-0.15, -0.1) is 0 Å². The summed E-state index contributed by atoms with van der Waals surface area (Å²) in [5.41, 5.74) is 0.866. The van der Waals surface area contributed by atoms with Gasteiger partial charge in [-0.25, -0.2) is 9.78 Å². The number of benzene rings is 1. The second-order valence-corrected chi connectivity index (χ2v) is 8.21. The molecule has 1 fully saturated rings. The molecule has 0 bridgehead atoms. The van der Waals surface area contributed by atoms with Crippen LogP contribution in [0.2, 0.25) is 5.15 Å². The molecule has 0 saturated heterocycles. The molecule has 3 atom stereocenters. The first-order chi connectivity index (χ1) is 13.9. The SMILES string of the molecule is CCCCc1nc(Cl)c(C(=O)O)n1CC1CCC(C(C(=O)O)c2ccccc2)C1. The van der Waals surface area contributed by atoms with Gasteiger partial charge in [-0.2, -0.15) is 0 Å². The lowest BCUT2D eigenvalue weighted by molar-refractivity contribution is -0.140. The molecular formula is C22H27ClN2O4. The zero-order chi connectivity index (χ0) is 21.0. The second kappa shape index (κ2) is 9.44. The summed E-state index contributed by atoms with van der Waals surface area (Å²) in [6, 6.07) is 9.35. The number of halogens is 1. The lowest BCUT2D eigenvalue weighted by atomic mass is 9.84. The number of aromatic carboxylic acids is 1. The highest BCUT2D eigenvalue weighted by Gasteiger charge is 2.36. The number of hydrogen-bond donors (Lipinski definition) is 2. The molecular weight excluding hydrogens is 392 g/mol. The quantitative estimate of drug-likeness (QED) is 0.606. The average molecular weight is 419 g/mol. The standard InChI is InChI=1S/C22H27ClN2O4/c1-2-3-9-17-24-20(23)19(22(28)29)25(17)13-14-10-11-16(12-14)18(21(26)27)15-7-5-4-6-8-15/h4-8,14,16,18H,2-3,9-13H2,1H3,(H,26,27)(H,28,29). The van der Waals surface area contributed by atoms with Gasteiger partial charge in [-0.3, -0.25) is 4.79 Å². The first-order valence-electron chi connectivity index (χ1n) is 10.2. The van der Waals surface area contributed by atoms with Crippen molar-refractivity contribution in [3.63, 3.8) is 0 Å². The Morgan fingerprint density at radius 2 is 1.97 bits per heavy atom. The summed E-state index contributed by atoms with van der Waals surface area (Å²) in [6.45, 7) is 2.59. The van der Waals surface area contributed by atoms with Gasteiger partial charge in [0, 0.05) is 13.0 Å². The first-order valence-corrected chi connectivity index (χ1v) is 10.6. The van der Waals surface area contributed by atoms with Gasteiger partial charge in [0.05, 0.1) is 5.92 Å². The zero-order valence-corrected chi connectivity index (χ0v) is 17.3. The van der Waals surface area contributed by atoms with E-state index in [4.69, 9.17) is 11.6 Å². The summed E-state index contributed by atoms with van der Waals surface area (Å²) in [7, 11) is 0. The Labute approximate surface area is 175 Å². The van der Waals surface area contributed by atoms with Crippen LogP contribution in [0.25, 0.3) is 0 Å². The number of imidazole rings is 1. The minimum Gasteiger partial charge on any atom is -0.481 e. The Balaban J connectivity index is 1.79. The lowest BCUT2D eigenvalue weighted by Crippen LogP contribution is -2.21. The number of nitrogens with zero attached hydrogens (tertiary/aromatic N) is 2. The third-order valence-electron chi connectivity index (χ3n) is 5.88. The van der Waals surface area contributed by atoms with Crippen molar-refractivity contribution in [3.8, 4) is 0 Å². The highest BCUT2D eigenvalue weighted by molar-refractivity contribution is 6.32. The third kappa shape index (κ3) is 4.81. The van der Waals surface area contributed by atoms with Crippen LogP contribution in [0.15, 0.2) is 30.3 Å². The van der Waals surface area contributed by atoms with Crippen molar-refractivity contribution in [2.75, 3.05) is 0 Å². The average Bonchev–Trinajstić information content (AvgIpc) is 3.25. The Hall–Kier alpha value is -2.34. The Morgan fingerprint density at radius 1 is 1.24 bits per heavy atom. The molecule has 29 heavy (non-hydrogen) atoms. The van der Waals surface area contributed by atoms with Crippen molar-refractivity contribution in [1.29, 1.82) is 0 Å². The number of aliphatic carboxylic acids is 1. The van der Waals surface area contributed by atoms with Crippen LogP contribution in [0, 0.1) is 11.8 Å². The Bertz CT molecular complexity index is 865. The van der Waals surface area contributed by atoms with Crippen LogP contribution in [0.1, 0.15) is 66.8 Å². The van der Waals surface area contributed by atoms with Gasteiger partial charge in [0.2, 0.25) is 0 Å². The van der Waals surface area contributed by atoms with Crippen LogP contribution in [0.3, 0.4) is 0 Å². The minimum atomic E-state index is -1.08. The molecule has 1 heterocycles. The maximum Gasteiger partial charge on any atom is 0.355 e. The van der Waals surface area contributed by atoms with Crippen LogP contribution in [0.5, 0.6) is 0 Å². The van der Waals surface area contributed by atoms with E-state index in [1.54, 1.807) is 4.57 Å². The molecule has 156 valence electrons. The van der Waals surface area contributed by atoms with Crippen molar-refractivity contribution in [1.82, 2.24) is 9.55 Å². The summed E-state index contributed by atoms with van der Waals surface area (Å²) in [4.78, 5) is 28.0. The number of unbranched alkanes of at least 4 members (excludes halogenated alkanes) is 1. The van der Waals surface area contributed by atoms with Gasteiger partial charge in [-0.05, 0) is 43.1 Å². The molecule has 0 aliphatic heterocycles. The van der Waals surface area contributed by atoms with Crippen molar-refractivity contribution in [3.05, 3.63) is 52.6 Å². The number of aromatic nitrogens is 2. The zero-order valence-electron chi connectivity index (χ0n) is 16.6. The van der Waals surface area contributed by atoms with Gasteiger partial charge < -0.3 is 14.8 Å². The molecule has 0 amide bonds. The molecule has 0 radical (unpaired) electrons. The predicted octanol–water partition coefficient (Wildman–Crippen LogP) is 4.86. The van der Waals surface area contributed by atoms with Crippen LogP contribution >= 0.6 is 11.6 Å². The van der Waals surface area contributed by atoms with E-state index in [1.807, 2.05) is 30.3 Å². The summed E-state index contributed by atoms with van der Waals surface area (Å²) >= 11 is 6.12. The molecule has 2 N–H and O–H groups in total. The molecule has 1 aromatic carbocycles. The second-order valence-electron chi connectivity index (χ2n) is 7.85. The molecule has 1 aliphatic carbocycles. The van der Waals surface area contributed by atoms with Crippen molar-refractivity contribution < 1.29 is 19.8 Å². The summed E-state index contributed by atoms with van der Waals surface area (Å²) in [6.07, 6.45) is 4.99. The van der Waals surface area contributed by atoms with Crippen LogP contribution < -0.4 is 0 Å². The van der Waals surface area contributed by atoms with Crippen molar-refractivity contribution in [2.24, 2.45) is 11.8 Å². The van der Waals surface area contributed by atoms with Gasteiger partial charge in [0.15, 0.2) is 10.8 Å². The summed E-state index contributed by atoms with van der Waals surface area (Å²) < 4.78 is 1.74. The molecule has 0 spiro atoms. The van der Waals surface area contributed by atoms with Crippen LogP contribution in [-0.4, -0.2) is 31.7 Å². The number of carboxylic acid groups (broad SMARTS) is 2. The van der Waals surface area contributed by atoms with Gasteiger partial charge >= 0.3 is 11.9 Å². The fraction of sp³-hybridized carbons (Fsp3) is 0.500. The highest BCUT2D eigenvalue weighted by Crippen LogP contribution is 2.41. The smallest absolute Gasteiger partial charge is 0.355 e. The highest BCUT2D eigenvalue weighted by atomic mass is 35.5. The molecule has 6 nitrogen and oxygen atoms in total. The molecule has 3 rings (SSSR count). The monoisotopic (exact) mass is 418 g/mol. The fourth-order valence-corrected chi connectivity index (χ4v) is 4.79. The number of carbonyl (C=O) groups is 2. The maximum absolute atomic E-state index is 12.0. The van der Waals surface area contributed by atoms with E-state index >= 15 is 0 Å². The molecule has 1 saturated carbocycles. The minimum absolute atomic E-state index is 0.0332. The third-order valence-corrected chi connectivity index (χ3v) is 6.14. The van der Waals surface area contributed by atoms with E-state index in [-0.39, 0.29) is 22.7 Å². The molecule has 1 aliphatic rings. The predicted molar refractivity (Wildman–Crippen MR) is 110 cm³/mol. The normalized spacial score (nSPS) is 19.9. The lowest BCUT2D eigenvalue weighted by Gasteiger charge is -2.21. The largest absolute Gasteiger partial charge is 0.481 e. The molecule has 1 aromatic heterocycles. The van der Waals surface area contributed by atoms with E-state index in [9.17, 15) is 19.8 Å². The van der Waals surface area contributed by atoms with E-state index in [0.717, 1.165) is 37.7 Å². The molecule has 2 aromatic rings. The van der Waals surface area contributed by atoms with Crippen molar-refractivity contribution in [2.45, 2.75) is 57.9 Å². The molecule has 3 unspecified atom stereocenters. The molecule has 7 heteroatoms. The van der Waals surface area contributed by atoms with Gasteiger partial charge in [-0.1, -0.05) is 55.3 Å². The number of aryl methyl sites for hydroxylation is 1. The number of carboxylic acids is 2. The van der Waals surface area contributed by atoms with Crippen LogP contribution in [0.4, 0.5) is 0 Å². The Morgan fingerprint density at radius 3 is 2.59 bits per heavy atom. The first kappa shape index (κ1) is 21.4. The van der Waals surface area contributed by atoms with E-state index in [2.05, 4.69) is 11.9 Å². The van der Waals surface area contributed by atoms with Crippen LogP contribution in [-0.2, 0) is 17.8 Å². The summed E-state index contributed by atoms with van der Waals surface area (Å²) in [5.74, 6) is -1.47. The fourth-order valence-electron chi connectivity index (χ4n) is 4.51. The van der Waals surface area contributed by atoms with Crippen molar-refractivity contribution >= 4 is 23.5 Å². The van der Waals surface area contributed by atoms with Gasteiger partial charge in [0.1, 0.15) is 5.82 Å². The Kier molecular flexibility index (Phi) is 6.96. The maximum atomic E-state index is 12.0. The van der Waals surface area contributed by atoms with E-state index in [0.29, 0.717) is 18.8 Å².